The number of para-hydroxylation sites is 1. The number of carbonyl (C=O) groups is 2. The minimum Gasteiger partial charge on any atom is -0.449 e. The molecular formula is C17H15N3O3S. The van der Waals surface area contributed by atoms with Gasteiger partial charge in [0.1, 0.15) is 0 Å². The normalized spacial score (nSPS) is 10.4. The predicted octanol–water partition coefficient (Wildman–Crippen LogP) is 3.35. The van der Waals surface area contributed by atoms with Crippen LogP contribution in [0.15, 0.2) is 47.8 Å². The molecule has 0 saturated carbocycles. The van der Waals surface area contributed by atoms with Crippen LogP contribution in [-0.2, 0) is 4.74 Å². The molecule has 0 unspecified atom stereocenters. The zero-order valence-corrected chi connectivity index (χ0v) is 13.7. The van der Waals surface area contributed by atoms with Gasteiger partial charge < -0.3 is 4.74 Å². The van der Waals surface area contributed by atoms with Crippen LogP contribution in [0.2, 0.25) is 0 Å². The van der Waals surface area contributed by atoms with Gasteiger partial charge in [0.2, 0.25) is 0 Å². The molecule has 0 spiro atoms. The Hall–Kier alpha value is -2.93. The van der Waals surface area contributed by atoms with Gasteiger partial charge in [-0.15, -0.1) is 11.3 Å². The first kappa shape index (κ1) is 15.9. The molecule has 122 valence electrons. The molecule has 2 aromatic heterocycles. The Morgan fingerprint density at radius 3 is 2.75 bits per heavy atom. The highest BCUT2D eigenvalue weighted by atomic mass is 32.1. The monoisotopic (exact) mass is 341 g/mol. The van der Waals surface area contributed by atoms with Gasteiger partial charge in [0, 0.05) is 5.39 Å². The number of ether oxygens (including phenoxy) is 1. The molecule has 0 aliphatic carbocycles. The van der Waals surface area contributed by atoms with Crippen molar-refractivity contribution in [2.75, 3.05) is 6.61 Å². The van der Waals surface area contributed by atoms with Crippen LogP contribution in [-0.4, -0.2) is 23.6 Å². The Labute approximate surface area is 142 Å². The van der Waals surface area contributed by atoms with E-state index in [0.717, 1.165) is 4.88 Å². The van der Waals surface area contributed by atoms with Crippen LogP contribution in [0.4, 0.5) is 4.79 Å². The molecule has 3 rings (SSSR count). The highest BCUT2D eigenvalue weighted by molar-refractivity contribution is 7.13. The molecule has 7 heteroatoms. The highest BCUT2D eigenvalue weighted by Gasteiger charge is 2.15. The molecule has 2 N–H and O–H groups in total. The van der Waals surface area contributed by atoms with E-state index in [4.69, 9.17) is 4.74 Å². The fourth-order valence-electron chi connectivity index (χ4n) is 2.26. The van der Waals surface area contributed by atoms with Crippen LogP contribution in [0.25, 0.3) is 21.5 Å². The maximum Gasteiger partial charge on any atom is 0.426 e. The molecule has 0 saturated heterocycles. The number of pyridine rings is 1. The lowest BCUT2D eigenvalue weighted by atomic mass is 10.1. The number of nitrogens with one attached hydrogen (secondary N) is 2. The molecule has 3 aromatic rings. The average Bonchev–Trinajstić information content (AvgIpc) is 3.13. The Balaban J connectivity index is 1.96. The maximum atomic E-state index is 12.5. The van der Waals surface area contributed by atoms with Gasteiger partial charge in [-0.3, -0.25) is 10.2 Å². The largest absolute Gasteiger partial charge is 0.449 e. The van der Waals surface area contributed by atoms with E-state index in [1.807, 2.05) is 41.8 Å². The van der Waals surface area contributed by atoms with Gasteiger partial charge in [0.05, 0.1) is 28.3 Å². The number of hydrazine groups is 1. The summed E-state index contributed by atoms with van der Waals surface area (Å²) in [6.45, 7) is 1.91. The summed E-state index contributed by atoms with van der Waals surface area (Å²) >= 11 is 1.55. The molecule has 2 heterocycles. The zero-order chi connectivity index (χ0) is 16.9. The summed E-state index contributed by atoms with van der Waals surface area (Å²) in [6.07, 6.45) is -0.706. The van der Waals surface area contributed by atoms with Gasteiger partial charge in [-0.25, -0.2) is 15.2 Å². The number of fused-ring (bicyclic) bond motifs is 1. The number of carbonyl (C=O) groups excluding carboxylic acids is 2. The van der Waals surface area contributed by atoms with E-state index in [0.29, 0.717) is 22.2 Å². The number of thiophene rings is 1. The van der Waals surface area contributed by atoms with Gasteiger partial charge in [0.15, 0.2) is 0 Å². The van der Waals surface area contributed by atoms with Crippen molar-refractivity contribution in [3.63, 3.8) is 0 Å². The average molecular weight is 341 g/mol. The van der Waals surface area contributed by atoms with Crippen molar-refractivity contribution in [1.29, 1.82) is 0 Å². The second-order valence-corrected chi connectivity index (χ2v) is 5.80. The lowest BCUT2D eigenvalue weighted by molar-refractivity contribution is 0.0914. The molecule has 0 fully saturated rings. The number of hydrogen-bond acceptors (Lipinski definition) is 5. The van der Waals surface area contributed by atoms with E-state index in [-0.39, 0.29) is 6.61 Å². The lowest BCUT2D eigenvalue weighted by Gasteiger charge is -2.10. The fourth-order valence-corrected chi connectivity index (χ4v) is 2.94. The summed E-state index contributed by atoms with van der Waals surface area (Å²) in [7, 11) is 0. The number of benzene rings is 1. The Kier molecular flexibility index (Phi) is 4.72. The second kappa shape index (κ2) is 7.10. The van der Waals surface area contributed by atoms with E-state index in [9.17, 15) is 9.59 Å². The van der Waals surface area contributed by atoms with Gasteiger partial charge >= 0.3 is 6.09 Å². The maximum absolute atomic E-state index is 12.5. The van der Waals surface area contributed by atoms with Crippen molar-refractivity contribution in [2.24, 2.45) is 0 Å². The number of aromatic nitrogens is 1. The van der Waals surface area contributed by atoms with Crippen LogP contribution in [0.3, 0.4) is 0 Å². The molecule has 24 heavy (non-hydrogen) atoms. The zero-order valence-electron chi connectivity index (χ0n) is 12.9. The van der Waals surface area contributed by atoms with Crippen molar-refractivity contribution in [3.8, 4) is 10.6 Å². The van der Waals surface area contributed by atoms with Gasteiger partial charge in [-0.1, -0.05) is 24.3 Å². The number of amides is 2. The van der Waals surface area contributed by atoms with Crippen LogP contribution in [0.5, 0.6) is 0 Å². The molecule has 1 aromatic carbocycles. The lowest BCUT2D eigenvalue weighted by Crippen LogP contribution is -2.42. The molecule has 2 amide bonds. The molecule has 0 aliphatic rings. The van der Waals surface area contributed by atoms with E-state index < -0.39 is 12.0 Å². The third-order valence-electron chi connectivity index (χ3n) is 3.29. The minimum absolute atomic E-state index is 0.225. The van der Waals surface area contributed by atoms with Crippen LogP contribution in [0, 0.1) is 0 Å². The highest BCUT2D eigenvalue weighted by Crippen LogP contribution is 2.27. The SMILES string of the molecule is CCOC(=O)NNC(=O)c1cc(-c2cccs2)nc2ccccc12. The van der Waals surface area contributed by atoms with Crippen LogP contribution >= 0.6 is 11.3 Å². The van der Waals surface area contributed by atoms with Crippen molar-refractivity contribution < 1.29 is 14.3 Å². The molecule has 0 bridgehead atoms. The molecule has 6 nitrogen and oxygen atoms in total. The molecule has 0 radical (unpaired) electrons. The first-order valence-electron chi connectivity index (χ1n) is 7.36. The van der Waals surface area contributed by atoms with E-state index in [1.54, 1.807) is 24.3 Å². The van der Waals surface area contributed by atoms with E-state index in [1.165, 1.54) is 0 Å². The number of rotatable bonds is 3. The topological polar surface area (TPSA) is 80.3 Å². The van der Waals surface area contributed by atoms with Crippen LogP contribution < -0.4 is 10.9 Å². The van der Waals surface area contributed by atoms with Gasteiger partial charge in [-0.05, 0) is 30.5 Å². The van der Waals surface area contributed by atoms with E-state index in [2.05, 4.69) is 15.8 Å². The number of hydrogen-bond donors (Lipinski definition) is 2. The van der Waals surface area contributed by atoms with Crippen molar-refractivity contribution in [1.82, 2.24) is 15.8 Å². The Morgan fingerprint density at radius 2 is 2.00 bits per heavy atom. The third-order valence-corrected chi connectivity index (χ3v) is 4.18. The smallest absolute Gasteiger partial charge is 0.426 e. The first-order valence-corrected chi connectivity index (χ1v) is 8.23. The molecule has 0 aliphatic heterocycles. The van der Waals surface area contributed by atoms with Crippen molar-refractivity contribution in [2.45, 2.75) is 6.92 Å². The number of nitrogens with zero attached hydrogens (tertiary/aromatic N) is 1. The first-order chi connectivity index (χ1) is 11.7. The standard InChI is InChI=1S/C17H15N3O3S/c1-2-23-17(22)20-19-16(21)12-10-14(15-8-5-9-24-15)18-13-7-4-3-6-11(12)13/h3-10H,2H2,1H3,(H,19,21)(H,20,22). The summed E-state index contributed by atoms with van der Waals surface area (Å²) in [6, 6.07) is 13.0. The second-order valence-electron chi connectivity index (χ2n) is 4.85. The fraction of sp³-hybridized carbons (Fsp3) is 0.118. The summed E-state index contributed by atoms with van der Waals surface area (Å²) < 4.78 is 4.72. The molecule has 0 atom stereocenters. The predicted molar refractivity (Wildman–Crippen MR) is 92.7 cm³/mol. The minimum atomic E-state index is -0.706. The molecular weight excluding hydrogens is 326 g/mol. The van der Waals surface area contributed by atoms with Crippen molar-refractivity contribution >= 4 is 34.2 Å². The van der Waals surface area contributed by atoms with Crippen molar-refractivity contribution in [3.05, 3.63) is 53.4 Å². The Bertz CT molecular complexity index is 878. The Morgan fingerprint density at radius 1 is 1.17 bits per heavy atom. The quantitative estimate of drug-likeness (QED) is 0.716. The van der Waals surface area contributed by atoms with Crippen LogP contribution in [0.1, 0.15) is 17.3 Å². The van der Waals surface area contributed by atoms with E-state index >= 15 is 0 Å². The summed E-state index contributed by atoms with van der Waals surface area (Å²) in [4.78, 5) is 29.4. The third kappa shape index (κ3) is 3.36. The van der Waals surface area contributed by atoms with Gasteiger partial charge in [-0.2, -0.15) is 0 Å². The van der Waals surface area contributed by atoms with Gasteiger partial charge in [0.25, 0.3) is 5.91 Å². The summed E-state index contributed by atoms with van der Waals surface area (Å²) in [5, 5.41) is 2.66. The summed E-state index contributed by atoms with van der Waals surface area (Å²) in [5.41, 5.74) is 6.44. The summed E-state index contributed by atoms with van der Waals surface area (Å²) in [5.74, 6) is -0.431.